The fourth-order valence-corrected chi connectivity index (χ4v) is 16.5. The molecule has 3 aliphatic rings. The summed E-state index contributed by atoms with van der Waals surface area (Å²) in [7, 11) is 0. The largest absolute Gasteiger partial charge is 0.454 e. The summed E-state index contributed by atoms with van der Waals surface area (Å²) in [6.45, 7) is 13.9. The Morgan fingerprint density at radius 1 is 0.318 bits per heavy atom. The van der Waals surface area contributed by atoms with E-state index in [1.165, 1.54) is 44.2 Å². The lowest BCUT2D eigenvalue weighted by atomic mass is 9.73. The van der Waals surface area contributed by atoms with E-state index in [9.17, 15) is 0 Å². The molecule has 11 aromatic carbocycles. The number of para-hydroxylation sites is 6. The molecule has 0 saturated carbocycles. The molecule has 0 amide bonds. The van der Waals surface area contributed by atoms with Crippen molar-refractivity contribution in [1.29, 1.82) is 0 Å². The van der Waals surface area contributed by atoms with Crippen molar-refractivity contribution in [2.24, 2.45) is 0 Å². The number of anilines is 8. The molecule has 1 N–H and O–H groups in total. The highest BCUT2D eigenvalue weighted by atomic mass is 79.9. The molecule has 10 heteroatoms. The fraction of sp³-hybridized carbons (Fsp3) is 0.120. The van der Waals surface area contributed by atoms with E-state index in [2.05, 4.69) is 296 Å². The molecule has 0 fully saturated rings. The van der Waals surface area contributed by atoms with Gasteiger partial charge in [-0.15, -0.1) is 0 Å². The molecule has 14 aromatic rings. The van der Waals surface area contributed by atoms with Gasteiger partial charge in [0.15, 0.2) is 16.7 Å². The van der Waals surface area contributed by atoms with Gasteiger partial charge in [-0.2, -0.15) is 0 Å². The number of furan rings is 3. The fourth-order valence-electron chi connectivity index (χ4n) is 13.7. The van der Waals surface area contributed by atoms with Crippen molar-refractivity contribution in [2.75, 3.05) is 15.1 Å². The Labute approximate surface area is 526 Å². The van der Waals surface area contributed by atoms with Gasteiger partial charge in [-0.05, 0) is 106 Å². The van der Waals surface area contributed by atoms with Crippen LogP contribution in [0.4, 0.5) is 45.5 Å². The first kappa shape index (κ1) is 53.8. The summed E-state index contributed by atoms with van der Waals surface area (Å²) < 4.78 is 24.0. The van der Waals surface area contributed by atoms with Gasteiger partial charge < -0.3 is 28.4 Å². The summed E-state index contributed by atoms with van der Waals surface area (Å²) in [5, 5.41) is 10.4. The Morgan fingerprint density at radius 3 is 1.14 bits per heavy atom. The lowest BCUT2D eigenvalue weighted by molar-refractivity contribution is 0.623. The van der Waals surface area contributed by atoms with Crippen molar-refractivity contribution in [3.63, 3.8) is 0 Å². The summed E-state index contributed by atoms with van der Waals surface area (Å²) in [4.78, 5) is 4.83. The van der Waals surface area contributed by atoms with E-state index in [0.29, 0.717) is 0 Å². The number of fused-ring (bicyclic) bond motifs is 18. The van der Waals surface area contributed by atoms with E-state index in [1.807, 2.05) is 42.5 Å². The van der Waals surface area contributed by atoms with Gasteiger partial charge in [0.2, 0.25) is 0 Å². The molecule has 0 atom stereocenters. The lowest BCUT2D eigenvalue weighted by Crippen LogP contribution is -2.31. The summed E-state index contributed by atoms with van der Waals surface area (Å²) in [5.74, 6) is 0. The molecular formula is C75H55Br4N3O3. The van der Waals surface area contributed by atoms with Gasteiger partial charge in [0.25, 0.3) is 0 Å². The minimum Gasteiger partial charge on any atom is -0.454 e. The highest BCUT2D eigenvalue weighted by molar-refractivity contribution is 9.11. The van der Waals surface area contributed by atoms with Gasteiger partial charge in [-0.25, -0.2) is 0 Å². The van der Waals surface area contributed by atoms with Crippen LogP contribution in [0.1, 0.15) is 74.9 Å². The third kappa shape index (κ3) is 8.56. The first-order valence-electron chi connectivity index (χ1n) is 28.5. The summed E-state index contributed by atoms with van der Waals surface area (Å²) in [6.07, 6.45) is 0. The molecule has 85 heavy (non-hydrogen) atoms. The lowest BCUT2D eigenvalue weighted by Gasteiger charge is -2.43. The molecule has 17 rings (SSSR count). The average molecular weight is 1370 g/mol. The van der Waals surface area contributed by atoms with E-state index >= 15 is 0 Å². The molecule has 3 aromatic heterocycles. The monoisotopic (exact) mass is 1360 g/mol. The number of rotatable bonds is 2. The van der Waals surface area contributed by atoms with E-state index in [1.54, 1.807) is 0 Å². The van der Waals surface area contributed by atoms with Crippen molar-refractivity contribution in [1.82, 2.24) is 0 Å². The molecule has 416 valence electrons. The van der Waals surface area contributed by atoms with Crippen LogP contribution in [0.3, 0.4) is 0 Å². The Balaban J connectivity index is 0.000000156. The van der Waals surface area contributed by atoms with Crippen molar-refractivity contribution < 1.29 is 13.3 Å². The first-order valence-corrected chi connectivity index (χ1v) is 31.7. The SMILES string of the molecule is Brc1cc(Br)cc(Br)c1.CC1(C)c2ccccc2N(c2cc(Br)cc(N3c4ccccc4C(C)(C)c4ccc5c(oc6ccccc65)c43)c2)c2c1ccc1c2oc2ccccc21.CC1(C)c2ccccc2Nc2c1ccc1c2oc2ccccc21. The topological polar surface area (TPSA) is 57.9 Å². The first-order chi connectivity index (χ1) is 41.1. The highest BCUT2D eigenvalue weighted by Crippen LogP contribution is 2.59. The van der Waals surface area contributed by atoms with Crippen LogP contribution in [0.25, 0.3) is 65.8 Å². The van der Waals surface area contributed by atoms with E-state index in [4.69, 9.17) is 13.3 Å². The molecule has 0 bridgehead atoms. The van der Waals surface area contributed by atoms with Gasteiger partial charge in [0.05, 0.1) is 28.4 Å². The molecule has 0 radical (unpaired) electrons. The zero-order chi connectivity index (χ0) is 58.3. The molecule has 6 nitrogen and oxygen atoms in total. The van der Waals surface area contributed by atoms with Gasteiger partial charge in [0.1, 0.15) is 16.7 Å². The molecule has 0 saturated heterocycles. The summed E-state index contributed by atoms with van der Waals surface area (Å²) in [6, 6.07) is 77.3. The van der Waals surface area contributed by atoms with Gasteiger partial charge in [-0.3, -0.25) is 0 Å². The Bertz CT molecular complexity index is 4820. The van der Waals surface area contributed by atoms with E-state index in [-0.39, 0.29) is 16.2 Å². The normalized spacial score (nSPS) is 14.8. The number of benzene rings is 11. The summed E-state index contributed by atoms with van der Waals surface area (Å²) >= 11 is 14.1. The Morgan fingerprint density at radius 2 is 0.671 bits per heavy atom. The smallest absolute Gasteiger partial charge is 0.159 e. The third-order valence-corrected chi connectivity index (χ3v) is 19.6. The maximum atomic E-state index is 6.80. The standard InChI is InChI=1S/C48H35BrN2O2.C21H17NO.C6H3Br3/c1-47(2)35-15-7-9-17-39(35)50(43-37(47)23-21-33-31-13-5-11-19-41(31)52-45(33)43)29-25-28(49)26-30(27-29)51-40-18-10-8-16-36(40)48(3,4)38-24-22-34-32-14-6-12-20-42(32)53-46(34)44(38)51;1-21(2)15-8-4-5-9-17(15)22-19-16(21)12-11-14-13-7-3-6-10-18(13)23-20(14)19;7-4-1-5(8)3-6(9)2-4/h5-27H,1-4H3;3-12,22H,1-2H3;1-3H. The van der Waals surface area contributed by atoms with Gasteiger partial charge in [-0.1, -0.05) is 251 Å². The van der Waals surface area contributed by atoms with Crippen molar-refractivity contribution in [3.05, 3.63) is 270 Å². The van der Waals surface area contributed by atoms with E-state index in [0.717, 1.165) is 118 Å². The maximum absolute atomic E-state index is 6.80. The van der Waals surface area contributed by atoms with Crippen molar-refractivity contribution >= 4 is 175 Å². The van der Waals surface area contributed by atoms with Crippen molar-refractivity contribution in [3.8, 4) is 0 Å². The quantitative estimate of drug-likeness (QED) is 0.186. The molecule has 0 spiro atoms. The van der Waals surface area contributed by atoms with Gasteiger partial charge >= 0.3 is 0 Å². The van der Waals surface area contributed by atoms with Crippen LogP contribution in [0.15, 0.2) is 250 Å². The number of nitrogens with zero attached hydrogens (tertiary/aromatic N) is 2. The Hall–Kier alpha value is -7.86. The minimum atomic E-state index is -0.256. The number of halogens is 4. The second-order valence-electron chi connectivity index (χ2n) is 23.8. The zero-order valence-electron chi connectivity index (χ0n) is 47.4. The van der Waals surface area contributed by atoms with Crippen LogP contribution in [-0.4, -0.2) is 0 Å². The predicted molar refractivity (Wildman–Crippen MR) is 367 cm³/mol. The van der Waals surface area contributed by atoms with Gasteiger partial charge in [0, 0.05) is 83.5 Å². The van der Waals surface area contributed by atoms with Crippen molar-refractivity contribution in [2.45, 2.75) is 57.8 Å². The number of hydrogen-bond donors (Lipinski definition) is 1. The number of hydrogen-bond acceptors (Lipinski definition) is 6. The molecule has 3 aliphatic heterocycles. The third-order valence-electron chi connectivity index (χ3n) is 17.8. The number of nitrogens with one attached hydrogen (secondary N) is 1. The highest BCUT2D eigenvalue weighted by Gasteiger charge is 2.42. The molecule has 0 unspecified atom stereocenters. The summed E-state index contributed by atoms with van der Waals surface area (Å²) in [5.41, 5.74) is 21.3. The molecule has 6 heterocycles. The predicted octanol–water partition coefficient (Wildman–Crippen LogP) is 24.4. The molecular weight excluding hydrogens is 1310 g/mol. The van der Waals surface area contributed by atoms with Crippen LogP contribution in [0, 0.1) is 0 Å². The van der Waals surface area contributed by atoms with Crippen LogP contribution >= 0.6 is 63.7 Å². The van der Waals surface area contributed by atoms with E-state index < -0.39 is 0 Å². The van der Waals surface area contributed by atoms with Crippen LogP contribution in [0.5, 0.6) is 0 Å². The van der Waals surface area contributed by atoms with Crippen LogP contribution < -0.4 is 15.1 Å². The van der Waals surface area contributed by atoms with Crippen LogP contribution in [0.2, 0.25) is 0 Å². The second kappa shape index (κ2) is 20.1. The second-order valence-corrected chi connectivity index (χ2v) is 27.5. The zero-order valence-corrected chi connectivity index (χ0v) is 53.8. The van der Waals surface area contributed by atoms with Crippen LogP contribution in [-0.2, 0) is 16.2 Å². The average Bonchev–Trinajstić information content (AvgIpc) is 1.79. The minimum absolute atomic E-state index is 0.0512. The molecule has 0 aliphatic carbocycles. The Kier molecular flexibility index (Phi) is 12.7. The maximum Gasteiger partial charge on any atom is 0.159 e.